The van der Waals surface area contributed by atoms with E-state index in [9.17, 15) is 18.5 Å². The molecule has 7 nitrogen and oxygen atoms in total. The number of aryl methyl sites for hydroxylation is 2. The molecule has 0 aliphatic carbocycles. The monoisotopic (exact) mass is 482 g/mol. The Morgan fingerprint density at radius 3 is 2.26 bits per heavy atom. The van der Waals surface area contributed by atoms with Gasteiger partial charge in [0, 0.05) is 6.07 Å². The zero-order valence-electron chi connectivity index (χ0n) is 20.1. The van der Waals surface area contributed by atoms with Gasteiger partial charge in [0.15, 0.2) is 5.75 Å². The average Bonchev–Trinajstić information content (AvgIpc) is 2.77. The van der Waals surface area contributed by atoms with Crippen LogP contribution in [0.4, 0.5) is 11.4 Å². The summed E-state index contributed by atoms with van der Waals surface area (Å²) in [6.07, 6.45) is 1.12. The Bertz CT molecular complexity index is 1290. The smallest absolute Gasteiger partial charge is 0.273 e. The van der Waals surface area contributed by atoms with Gasteiger partial charge in [-0.3, -0.25) is 14.4 Å². The summed E-state index contributed by atoms with van der Waals surface area (Å²) in [4.78, 5) is 10.9. The van der Waals surface area contributed by atoms with Crippen LogP contribution in [-0.2, 0) is 23.2 Å². The van der Waals surface area contributed by atoms with E-state index in [-0.39, 0.29) is 30.3 Å². The third-order valence-corrected chi connectivity index (χ3v) is 6.81. The molecule has 0 aliphatic rings. The standard InChI is InChI=1S/C26H30N2O5S/c1-18(2)22-10-8-21(9-11-22)17-33-26-15-24(28(29)30)12-13-25(26)27(34(5,31)32)16-23-14-19(3)6-7-20(23)4/h6-15,18H,16-17H2,1-5H3. The van der Waals surface area contributed by atoms with Gasteiger partial charge in [-0.15, -0.1) is 0 Å². The number of benzene rings is 3. The molecule has 3 aromatic rings. The minimum absolute atomic E-state index is 0.0869. The largest absolute Gasteiger partial charge is 0.486 e. The van der Waals surface area contributed by atoms with E-state index in [1.54, 1.807) is 0 Å². The summed E-state index contributed by atoms with van der Waals surface area (Å²) in [6, 6.07) is 17.8. The van der Waals surface area contributed by atoms with E-state index < -0.39 is 14.9 Å². The van der Waals surface area contributed by atoms with Gasteiger partial charge >= 0.3 is 0 Å². The van der Waals surface area contributed by atoms with Gasteiger partial charge in [0.25, 0.3) is 5.69 Å². The van der Waals surface area contributed by atoms with E-state index in [1.807, 2.05) is 56.3 Å². The number of nitrogens with zero attached hydrogens (tertiary/aromatic N) is 2. The lowest BCUT2D eigenvalue weighted by Gasteiger charge is -2.25. The molecule has 34 heavy (non-hydrogen) atoms. The molecule has 0 atom stereocenters. The van der Waals surface area contributed by atoms with Gasteiger partial charge in [-0.25, -0.2) is 8.42 Å². The Morgan fingerprint density at radius 1 is 1.00 bits per heavy atom. The van der Waals surface area contributed by atoms with Crippen molar-refractivity contribution < 1.29 is 18.1 Å². The van der Waals surface area contributed by atoms with Crippen LogP contribution in [0.2, 0.25) is 0 Å². The summed E-state index contributed by atoms with van der Waals surface area (Å²) in [7, 11) is -3.72. The SMILES string of the molecule is Cc1ccc(C)c(CN(c2ccc([N+](=O)[O-])cc2OCc2ccc(C(C)C)cc2)S(C)(=O)=O)c1. The summed E-state index contributed by atoms with van der Waals surface area (Å²) in [5.74, 6) is 0.532. The summed E-state index contributed by atoms with van der Waals surface area (Å²) >= 11 is 0. The molecule has 0 amide bonds. The minimum atomic E-state index is -3.72. The molecule has 0 spiro atoms. The second kappa shape index (κ2) is 10.3. The first-order chi connectivity index (χ1) is 16.0. The van der Waals surface area contributed by atoms with Gasteiger partial charge in [0.1, 0.15) is 6.61 Å². The molecule has 3 aromatic carbocycles. The third-order valence-electron chi connectivity index (χ3n) is 5.68. The normalized spacial score (nSPS) is 11.5. The maximum atomic E-state index is 12.8. The highest BCUT2D eigenvalue weighted by Crippen LogP contribution is 2.36. The number of hydrogen-bond acceptors (Lipinski definition) is 5. The van der Waals surface area contributed by atoms with Crippen LogP contribution in [0.25, 0.3) is 0 Å². The molecule has 3 rings (SSSR count). The average molecular weight is 483 g/mol. The Balaban J connectivity index is 2.00. The Kier molecular flexibility index (Phi) is 7.61. The van der Waals surface area contributed by atoms with Crippen LogP contribution >= 0.6 is 0 Å². The number of rotatable bonds is 9. The van der Waals surface area contributed by atoms with E-state index in [2.05, 4.69) is 13.8 Å². The molecular weight excluding hydrogens is 452 g/mol. The van der Waals surface area contributed by atoms with Gasteiger partial charge in [-0.2, -0.15) is 0 Å². The van der Waals surface area contributed by atoms with Crippen LogP contribution in [0.5, 0.6) is 5.75 Å². The molecule has 0 saturated carbocycles. The third kappa shape index (κ3) is 6.14. The maximum Gasteiger partial charge on any atom is 0.273 e. The van der Waals surface area contributed by atoms with Gasteiger partial charge in [-0.05, 0) is 48.1 Å². The highest BCUT2D eigenvalue weighted by atomic mass is 32.2. The molecule has 0 N–H and O–H groups in total. The van der Waals surface area contributed by atoms with Crippen LogP contribution in [0.3, 0.4) is 0 Å². The number of nitro groups is 1. The molecule has 0 heterocycles. The van der Waals surface area contributed by atoms with Crippen molar-refractivity contribution in [1.82, 2.24) is 0 Å². The fraction of sp³-hybridized carbons (Fsp3) is 0.308. The molecule has 0 unspecified atom stereocenters. The Labute approximate surface area is 201 Å². The number of sulfonamides is 1. The molecule has 8 heteroatoms. The van der Waals surface area contributed by atoms with Crippen LogP contribution in [0, 0.1) is 24.0 Å². The van der Waals surface area contributed by atoms with Crippen LogP contribution < -0.4 is 9.04 Å². The summed E-state index contributed by atoms with van der Waals surface area (Å²) in [5.41, 5.74) is 4.97. The maximum absolute atomic E-state index is 12.8. The van der Waals surface area contributed by atoms with Crippen LogP contribution in [0.1, 0.15) is 47.6 Å². The Morgan fingerprint density at radius 2 is 1.68 bits per heavy atom. The molecule has 0 fully saturated rings. The topological polar surface area (TPSA) is 89.8 Å². The fourth-order valence-electron chi connectivity index (χ4n) is 3.60. The first-order valence-electron chi connectivity index (χ1n) is 11.0. The van der Waals surface area contributed by atoms with Gasteiger partial charge in [0.05, 0.1) is 29.5 Å². The predicted molar refractivity (Wildman–Crippen MR) is 135 cm³/mol. The van der Waals surface area contributed by atoms with E-state index in [0.717, 1.165) is 28.5 Å². The van der Waals surface area contributed by atoms with Crippen molar-refractivity contribution >= 4 is 21.4 Å². The van der Waals surface area contributed by atoms with E-state index in [0.29, 0.717) is 5.92 Å². The molecule has 0 aliphatic heterocycles. The Hall–Kier alpha value is -3.39. The minimum Gasteiger partial charge on any atom is -0.486 e. The summed E-state index contributed by atoms with van der Waals surface area (Å²) in [5, 5.41) is 11.4. The molecule has 0 saturated heterocycles. The zero-order valence-corrected chi connectivity index (χ0v) is 20.9. The highest BCUT2D eigenvalue weighted by Gasteiger charge is 2.24. The van der Waals surface area contributed by atoms with E-state index in [4.69, 9.17) is 4.74 Å². The van der Waals surface area contributed by atoms with Crippen molar-refractivity contribution in [2.24, 2.45) is 0 Å². The second-order valence-electron chi connectivity index (χ2n) is 8.79. The number of nitro benzene ring substituents is 1. The van der Waals surface area contributed by atoms with E-state index in [1.165, 1.54) is 28.1 Å². The van der Waals surface area contributed by atoms with Crippen molar-refractivity contribution in [3.05, 3.63) is 98.6 Å². The molecule has 180 valence electrons. The second-order valence-corrected chi connectivity index (χ2v) is 10.7. The summed E-state index contributed by atoms with van der Waals surface area (Å²) in [6.45, 7) is 8.31. The van der Waals surface area contributed by atoms with E-state index >= 15 is 0 Å². The number of ether oxygens (including phenoxy) is 1. The van der Waals surface area contributed by atoms with Crippen molar-refractivity contribution in [2.75, 3.05) is 10.6 Å². The predicted octanol–water partition coefficient (Wildman–Crippen LogP) is 5.88. The van der Waals surface area contributed by atoms with Gasteiger partial charge in [0.2, 0.25) is 10.0 Å². The first kappa shape index (κ1) is 25.2. The van der Waals surface area contributed by atoms with Gasteiger partial charge < -0.3 is 4.74 Å². The fourth-order valence-corrected chi connectivity index (χ4v) is 4.49. The van der Waals surface area contributed by atoms with Crippen molar-refractivity contribution in [1.29, 1.82) is 0 Å². The summed E-state index contributed by atoms with van der Waals surface area (Å²) < 4.78 is 32.8. The lowest BCUT2D eigenvalue weighted by Crippen LogP contribution is -2.30. The molecule has 0 aromatic heterocycles. The zero-order chi connectivity index (χ0) is 25.0. The van der Waals surface area contributed by atoms with Crippen molar-refractivity contribution in [3.8, 4) is 5.75 Å². The lowest BCUT2D eigenvalue weighted by molar-refractivity contribution is -0.384. The van der Waals surface area contributed by atoms with Crippen molar-refractivity contribution in [2.45, 2.75) is 46.8 Å². The number of non-ortho nitro benzene ring substituents is 1. The van der Waals surface area contributed by atoms with Crippen molar-refractivity contribution in [3.63, 3.8) is 0 Å². The molecule has 0 radical (unpaired) electrons. The van der Waals surface area contributed by atoms with Crippen LogP contribution in [0.15, 0.2) is 60.7 Å². The molecular formula is C26H30N2O5S. The number of hydrogen-bond donors (Lipinski definition) is 0. The van der Waals surface area contributed by atoms with Crippen LogP contribution in [-0.4, -0.2) is 19.6 Å². The quantitative estimate of drug-likeness (QED) is 0.281. The molecule has 0 bridgehead atoms. The lowest BCUT2D eigenvalue weighted by atomic mass is 10.0. The number of anilines is 1. The van der Waals surface area contributed by atoms with Gasteiger partial charge in [-0.1, -0.05) is 61.9 Å². The highest BCUT2D eigenvalue weighted by molar-refractivity contribution is 7.92. The first-order valence-corrected chi connectivity index (χ1v) is 12.8.